The van der Waals surface area contributed by atoms with Crippen LogP contribution in [0.3, 0.4) is 0 Å². The lowest BCUT2D eigenvalue weighted by Gasteiger charge is -2.08. The third-order valence-corrected chi connectivity index (χ3v) is 4.55. The van der Waals surface area contributed by atoms with Gasteiger partial charge in [0, 0.05) is 11.1 Å². The summed E-state index contributed by atoms with van der Waals surface area (Å²) in [7, 11) is 0. The number of ether oxygens (including phenoxy) is 2. The fourth-order valence-electron chi connectivity index (χ4n) is 3.11. The number of benzene rings is 3. The van der Waals surface area contributed by atoms with Crippen LogP contribution in [0.25, 0.3) is 22.8 Å². The van der Waals surface area contributed by atoms with E-state index in [0.717, 1.165) is 22.4 Å². The molecule has 30 heavy (non-hydrogen) atoms. The van der Waals surface area contributed by atoms with Crippen molar-refractivity contribution in [1.82, 2.24) is 15.2 Å². The van der Waals surface area contributed by atoms with E-state index in [2.05, 4.69) is 15.2 Å². The summed E-state index contributed by atoms with van der Waals surface area (Å²) < 4.78 is 11.2. The predicted molar refractivity (Wildman–Crippen MR) is 114 cm³/mol. The number of hydrogen-bond donors (Lipinski definition) is 1. The molecule has 1 aromatic heterocycles. The van der Waals surface area contributed by atoms with E-state index in [1.807, 2.05) is 61.5 Å². The molecular weight excluding hydrogens is 378 g/mol. The molecule has 1 heterocycles. The standard InChI is InChI=1S/C24H21N3O3/c1-2-29-21-15-9-8-14-20(21)23-25-22(26-27-23)19-13-7-6-12-18(19)16-30-24(28)17-10-4-3-5-11-17/h3-15H,2,16H2,1H3,(H,25,26,27). The lowest BCUT2D eigenvalue weighted by atomic mass is 10.1. The molecule has 0 aliphatic heterocycles. The molecule has 4 aromatic rings. The Labute approximate surface area is 174 Å². The van der Waals surface area contributed by atoms with Gasteiger partial charge in [-0.05, 0) is 31.2 Å². The van der Waals surface area contributed by atoms with Gasteiger partial charge < -0.3 is 9.47 Å². The molecule has 0 aliphatic carbocycles. The van der Waals surface area contributed by atoms with Gasteiger partial charge in [-0.3, -0.25) is 5.10 Å². The summed E-state index contributed by atoms with van der Waals surface area (Å²) in [5.41, 5.74) is 2.98. The topological polar surface area (TPSA) is 77.1 Å². The summed E-state index contributed by atoms with van der Waals surface area (Å²) in [6.07, 6.45) is 0. The van der Waals surface area contributed by atoms with Gasteiger partial charge in [-0.2, -0.15) is 5.10 Å². The Morgan fingerprint density at radius 1 is 0.900 bits per heavy atom. The number of para-hydroxylation sites is 1. The zero-order chi connectivity index (χ0) is 20.8. The molecule has 0 aliphatic rings. The van der Waals surface area contributed by atoms with E-state index in [9.17, 15) is 4.79 Å². The molecule has 150 valence electrons. The van der Waals surface area contributed by atoms with Crippen molar-refractivity contribution in [3.8, 4) is 28.5 Å². The Balaban J connectivity index is 1.57. The molecule has 0 saturated carbocycles. The SMILES string of the molecule is CCOc1ccccc1-c1nc(-c2ccccc2COC(=O)c2ccccc2)n[nH]1. The molecule has 0 fully saturated rings. The molecule has 6 heteroatoms. The smallest absolute Gasteiger partial charge is 0.338 e. The number of aromatic amines is 1. The second-order valence-electron chi connectivity index (χ2n) is 6.54. The largest absolute Gasteiger partial charge is 0.493 e. The van der Waals surface area contributed by atoms with Gasteiger partial charge in [0.2, 0.25) is 0 Å². The monoisotopic (exact) mass is 399 g/mol. The Morgan fingerprint density at radius 3 is 2.40 bits per heavy atom. The highest BCUT2D eigenvalue weighted by molar-refractivity contribution is 5.89. The van der Waals surface area contributed by atoms with Crippen LogP contribution < -0.4 is 4.74 Å². The summed E-state index contributed by atoms with van der Waals surface area (Å²) in [5, 5.41) is 7.37. The number of esters is 1. The Kier molecular flexibility index (Phi) is 5.85. The number of nitrogens with zero attached hydrogens (tertiary/aromatic N) is 2. The highest BCUT2D eigenvalue weighted by Crippen LogP contribution is 2.29. The molecule has 0 bridgehead atoms. The van der Waals surface area contributed by atoms with Crippen molar-refractivity contribution in [2.45, 2.75) is 13.5 Å². The van der Waals surface area contributed by atoms with Gasteiger partial charge in [-0.15, -0.1) is 0 Å². The zero-order valence-electron chi connectivity index (χ0n) is 16.5. The van der Waals surface area contributed by atoms with Gasteiger partial charge in [0.05, 0.1) is 17.7 Å². The molecule has 6 nitrogen and oxygen atoms in total. The number of hydrogen-bond acceptors (Lipinski definition) is 5. The van der Waals surface area contributed by atoms with E-state index >= 15 is 0 Å². The molecular formula is C24H21N3O3. The first-order valence-corrected chi connectivity index (χ1v) is 9.71. The zero-order valence-corrected chi connectivity index (χ0v) is 16.5. The maximum Gasteiger partial charge on any atom is 0.338 e. The number of rotatable bonds is 7. The van der Waals surface area contributed by atoms with Crippen molar-refractivity contribution in [3.05, 3.63) is 90.0 Å². The van der Waals surface area contributed by atoms with Gasteiger partial charge >= 0.3 is 5.97 Å². The van der Waals surface area contributed by atoms with Crippen LogP contribution in [0.4, 0.5) is 0 Å². The Bertz CT molecular complexity index is 1140. The maximum absolute atomic E-state index is 12.3. The molecule has 1 N–H and O–H groups in total. The van der Waals surface area contributed by atoms with Crippen LogP contribution in [0.5, 0.6) is 5.75 Å². The highest BCUT2D eigenvalue weighted by atomic mass is 16.5. The van der Waals surface area contributed by atoms with Crippen molar-refractivity contribution in [2.75, 3.05) is 6.61 Å². The van der Waals surface area contributed by atoms with Gasteiger partial charge in [0.15, 0.2) is 11.6 Å². The summed E-state index contributed by atoms with van der Waals surface area (Å²) in [6.45, 7) is 2.63. The van der Waals surface area contributed by atoms with Gasteiger partial charge in [-0.25, -0.2) is 9.78 Å². The number of aromatic nitrogens is 3. The summed E-state index contributed by atoms with van der Waals surface area (Å²) in [6, 6.07) is 24.2. The van der Waals surface area contributed by atoms with Crippen LogP contribution >= 0.6 is 0 Å². The molecule has 3 aromatic carbocycles. The number of H-pyrrole nitrogens is 1. The molecule has 0 saturated heterocycles. The third kappa shape index (κ3) is 4.22. The molecule has 0 atom stereocenters. The second-order valence-corrected chi connectivity index (χ2v) is 6.54. The predicted octanol–water partition coefficient (Wildman–Crippen LogP) is 4.89. The lowest BCUT2D eigenvalue weighted by Crippen LogP contribution is -2.05. The van der Waals surface area contributed by atoms with Crippen LogP contribution in [-0.2, 0) is 11.3 Å². The molecule has 0 unspecified atom stereocenters. The lowest BCUT2D eigenvalue weighted by molar-refractivity contribution is 0.0473. The van der Waals surface area contributed by atoms with E-state index in [4.69, 9.17) is 9.47 Å². The highest BCUT2D eigenvalue weighted by Gasteiger charge is 2.15. The molecule has 4 rings (SSSR count). The van der Waals surface area contributed by atoms with E-state index < -0.39 is 0 Å². The quantitative estimate of drug-likeness (QED) is 0.448. The summed E-state index contributed by atoms with van der Waals surface area (Å²) in [4.78, 5) is 16.9. The fraction of sp³-hybridized carbons (Fsp3) is 0.125. The van der Waals surface area contributed by atoms with Crippen LogP contribution in [0, 0.1) is 0 Å². The minimum Gasteiger partial charge on any atom is -0.493 e. The normalized spacial score (nSPS) is 10.6. The molecule has 0 spiro atoms. The van der Waals surface area contributed by atoms with Crippen molar-refractivity contribution < 1.29 is 14.3 Å². The van der Waals surface area contributed by atoms with Crippen molar-refractivity contribution in [3.63, 3.8) is 0 Å². The van der Waals surface area contributed by atoms with Crippen molar-refractivity contribution >= 4 is 5.97 Å². The minimum absolute atomic E-state index is 0.128. The molecule has 0 radical (unpaired) electrons. The first-order chi connectivity index (χ1) is 14.8. The van der Waals surface area contributed by atoms with Gasteiger partial charge in [-0.1, -0.05) is 54.6 Å². The average molecular weight is 399 g/mol. The molecule has 0 amide bonds. The fourth-order valence-corrected chi connectivity index (χ4v) is 3.11. The minimum atomic E-state index is -0.369. The number of nitrogens with one attached hydrogen (secondary N) is 1. The van der Waals surface area contributed by atoms with Crippen molar-refractivity contribution in [1.29, 1.82) is 0 Å². The van der Waals surface area contributed by atoms with Crippen LogP contribution in [0.1, 0.15) is 22.8 Å². The van der Waals surface area contributed by atoms with E-state index in [-0.39, 0.29) is 12.6 Å². The van der Waals surface area contributed by atoms with Crippen LogP contribution in [0.15, 0.2) is 78.9 Å². The van der Waals surface area contributed by atoms with E-state index in [0.29, 0.717) is 23.8 Å². The summed E-state index contributed by atoms with van der Waals surface area (Å²) >= 11 is 0. The summed E-state index contributed by atoms with van der Waals surface area (Å²) in [5.74, 6) is 1.52. The van der Waals surface area contributed by atoms with Gasteiger partial charge in [0.1, 0.15) is 12.4 Å². The third-order valence-electron chi connectivity index (χ3n) is 4.55. The maximum atomic E-state index is 12.3. The Morgan fingerprint density at radius 2 is 1.60 bits per heavy atom. The van der Waals surface area contributed by atoms with Crippen molar-refractivity contribution in [2.24, 2.45) is 0 Å². The van der Waals surface area contributed by atoms with E-state index in [1.54, 1.807) is 24.3 Å². The average Bonchev–Trinajstić information content (AvgIpc) is 3.29. The Hall–Kier alpha value is -3.93. The number of carbonyl (C=O) groups excluding carboxylic acids is 1. The second kappa shape index (κ2) is 9.05. The van der Waals surface area contributed by atoms with Crippen LogP contribution in [0.2, 0.25) is 0 Å². The van der Waals surface area contributed by atoms with Gasteiger partial charge in [0.25, 0.3) is 0 Å². The van der Waals surface area contributed by atoms with E-state index in [1.165, 1.54) is 0 Å². The van der Waals surface area contributed by atoms with Crippen LogP contribution in [-0.4, -0.2) is 27.8 Å². The number of carbonyl (C=O) groups is 1. The first kappa shape index (κ1) is 19.4. The first-order valence-electron chi connectivity index (χ1n) is 9.71.